The van der Waals surface area contributed by atoms with Crippen LogP contribution in [0.3, 0.4) is 0 Å². The van der Waals surface area contributed by atoms with E-state index in [4.69, 9.17) is 26.2 Å². The summed E-state index contributed by atoms with van der Waals surface area (Å²) in [7, 11) is 0. The number of benzene rings is 2. The van der Waals surface area contributed by atoms with Crippen LogP contribution in [0, 0.1) is 16.7 Å². The number of hydrogen-bond donors (Lipinski definition) is 5. The SMILES string of the molecule is N=C(N)N1CCC2(CC1)CC(C(=O)N1CCc3ccccc3[C@H]1C(=O)Nc1ccc(C(=O)O)cc1)C2.O=C(O)C(F)(F)F. The van der Waals surface area contributed by atoms with Crippen molar-refractivity contribution in [2.45, 2.75) is 44.3 Å². The summed E-state index contributed by atoms with van der Waals surface area (Å²) in [5.74, 6) is -4.07. The van der Waals surface area contributed by atoms with Gasteiger partial charge in [-0.3, -0.25) is 15.0 Å². The van der Waals surface area contributed by atoms with E-state index in [0.29, 0.717) is 18.7 Å². The molecule has 1 atom stereocenters. The van der Waals surface area contributed by atoms with Crippen molar-refractivity contribution in [1.29, 1.82) is 5.41 Å². The molecule has 2 aliphatic heterocycles. The fourth-order valence-corrected chi connectivity index (χ4v) is 6.02. The van der Waals surface area contributed by atoms with Gasteiger partial charge in [-0.15, -0.1) is 0 Å². The Kier molecular flexibility index (Phi) is 8.97. The molecule has 2 amide bonds. The predicted octanol–water partition coefficient (Wildman–Crippen LogP) is 3.47. The van der Waals surface area contributed by atoms with Crippen molar-refractivity contribution >= 4 is 35.4 Å². The number of nitrogens with one attached hydrogen (secondary N) is 2. The number of amides is 2. The molecule has 230 valence electrons. The molecule has 2 aromatic rings. The lowest BCUT2D eigenvalue weighted by molar-refractivity contribution is -0.192. The number of carbonyl (C=O) groups excluding carboxylic acids is 2. The molecule has 11 nitrogen and oxygen atoms in total. The van der Waals surface area contributed by atoms with Gasteiger partial charge in [0.1, 0.15) is 6.04 Å². The number of carbonyl (C=O) groups is 4. The smallest absolute Gasteiger partial charge is 0.478 e. The highest BCUT2D eigenvalue weighted by Gasteiger charge is 2.51. The fourth-order valence-electron chi connectivity index (χ4n) is 6.02. The number of carboxylic acids is 2. The van der Waals surface area contributed by atoms with Gasteiger partial charge in [0.05, 0.1) is 5.56 Å². The van der Waals surface area contributed by atoms with E-state index in [0.717, 1.165) is 49.9 Å². The lowest BCUT2D eigenvalue weighted by atomic mass is 9.57. The average Bonchev–Trinajstić information content (AvgIpc) is 2.95. The molecule has 0 aromatic heterocycles. The molecule has 0 radical (unpaired) electrons. The number of anilines is 1. The first-order chi connectivity index (χ1) is 20.2. The largest absolute Gasteiger partial charge is 0.490 e. The van der Waals surface area contributed by atoms with Crippen LogP contribution in [-0.4, -0.2) is 75.5 Å². The number of nitrogens with two attached hydrogens (primary N) is 1. The van der Waals surface area contributed by atoms with Crippen LogP contribution in [0.1, 0.15) is 53.2 Å². The minimum Gasteiger partial charge on any atom is -0.478 e. The van der Waals surface area contributed by atoms with Crippen LogP contribution in [0.4, 0.5) is 18.9 Å². The number of aliphatic carboxylic acids is 1. The maximum atomic E-state index is 13.7. The van der Waals surface area contributed by atoms with Crippen molar-refractivity contribution in [3.8, 4) is 0 Å². The molecule has 2 heterocycles. The van der Waals surface area contributed by atoms with Crippen molar-refractivity contribution in [1.82, 2.24) is 9.80 Å². The summed E-state index contributed by atoms with van der Waals surface area (Å²) in [5.41, 5.74) is 8.28. The lowest BCUT2D eigenvalue weighted by Crippen LogP contribution is -2.55. The number of piperidine rings is 1. The predicted molar refractivity (Wildman–Crippen MR) is 148 cm³/mol. The highest BCUT2D eigenvalue weighted by Crippen LogP contribution is 2.53. The molecule has 6 N–H and O–H groups in total. The zero-order chi connectivity index (χ0) is 31.5. The Morgan fingerprint density at radius 2 is 1.53 bits per heavy atom. The van der Waals surface area contributed by atoms with E-state index in [-0.39, 0.29) is 34.7 Å². The van der Waals surface area contributed by atoms with Crippen LogP contribution in [0.5, 0.6) is 0 Å². The van der Waals surface area contributed by atoms with Gasteiger partial charge in [-0.2, -0.15) is 13.2 Å². The number of fused-ring (bicyclic) bond motifs is 1. The Morgan fingerprint density at radius 1 is 0.953 bits per heavy atom. The van der Waals surface area contributed by atoms with Crippen molar-refractivity contribution in [3.63, 3.8) is 0 Å². The fraction of sp³-hybridized carbons (Fsp3) is 0.414. The molecular formula is C29H32F3N5O6. The number of rotatable bonds is 4. The Balaban J connectivity index is 0.000000541. The van der Waals surface area contributed by atoms with Crippen LogP contribution >= 0.6 is 0 Å². The van der Waals surface area contributed by atoms with Gasteiger partial charge in [0.2, 0.25) is 5.91 Å². The van der Waals surface area contributed by atoms with E-state index in [9.17, 15) is 27.6 Å². The summed E-state index contributed by atoms with van der Waals surface area (Å²) in [6.45, 7) is 1.98. The van der Waals surface area contributed by atoms with Gasteiger partial charge in [0.15, 0.2) is 5.96 Å². The number of aromatic carboxylic acids is 1. The summed E-state index contributed by atoms with van der Waals surface area (Å²) in [4.78, 5) is 50.9. The van der Waals surface area contributed by atoms with Gasteiger partial charge < -0.3 is 31.1 Å². The van der Waals surface area contributed by atoms with Crippen LogP contribution in [0.15, 0.2) is 48.5 Å². The number of hydrogen-bond acceptors (Lipinski definition) is 5. The Labute approximate surface area is 245 Å². The van der Waals surface area contributed by atoms with Crippen molar-refractivity contribution < 1.29 is 42.6 Å². The molecule has 1 aliphatic carbocycles. The van der Waals surface area contributed by atoms with Gasteiger partial charge in [-0.25, -0.2) is 9.59 Å². The first kappa shape index (κ1) is 31.3. The second-order valence-corrected chi connectivity index (χ2v) is 11.0. The minimum atomic E-state index is -5.08. The highest BCUT2D eigenvalue weighted by molar-refractivity contribution is 5.99. The Bertz CT molecular complexity index is 1400. The molecule has 1 spiro atoms. The van der Waals surface area contributed by atoms with Crippen LogP contribution < -0.4 is 11.1 Å². The lowest BCUT2D eigenvalue weighted by Gasteiger charge is -2.53. The maximum Gasteiger partial charge on any atom is 0.490 e. The first-order valence-corrected chi connectivity index (χ1v) is 13.6. The summed E-state index contributed by atoms with van der Waals surface area (Å²) < 4.78 is 31.7. The van der Waals surface area contributed by atoms with E-state index in [1.807, 2.05) is 29.2 Å². The normalized spacial score (nSPS) is 19.3. The quantitative estimate of drug-likeness (QED) is 0.261. The molecule has 1 saturated carbocycles. The topological polar surface area (TPSA) is 177 Å². The standard InChI is InChI=1S/C27H31N5O4.C2HF3O2/c28-26(29)31-13-10-27(11-14-31)15-19(16-27)24(34)32-12-9-17-3-1-2-4-21(17)22(32)23(33)30-20-7-5-18(6-8-20)25(35)36;3-2(4,5)1(6)7/h1-8,19,22H,9-16H2,(H3,28,29)(H,30,33)(H,35,36);(H,6,7)/t22-;/m0./s1. The number of likely N-dealkylation sites (tertiary alicyclic amines) is 1. The van der Waals surface area contributed by atoms with E-state index >= 15 is 0 Å². The second-order valence-electron chi connectivity index (χ2n) is 11.0. The van der Waals surface area contributed by atoms with Gasteiger partial charge in [-0.1, -0.05) is 24.3 Å². The third kappa shape index (κ3) is 7.07. The number of alkyl halides is 3. The summed E-state index contributed by atoms with van der Waals surface area (Å²) >= 11 is 0. The molecule has 3 aliphatic rings. The highest BCUT2D eigenvalue weighted by atomic mass is 19.4. The molecule has 2 fully saturated rings. The van der Waals surface area contributed by atoms with E-state index in [2.05, 4.69) is 5.32 Å². The molecule has 0 bridgehead atoms. The summed E-state index contributed by atoms with van der Waals surface area (Å²) in [6.07, 6.45) is -0.920. The van der Waals surface area contributed by atoms with Gasteiger partial charge in [-0.05, 0) is 72.9 Å². The zero-order valence-electron chi connectivity index (χ0n) is 23.1. The Morgan fingerprint density at radius 3 is 2.07 bits per heavy atom. The van der Waals surface area contributed by atoms with Crippen molar-refractivity contribution in [2.24, 2.45) is 17.1 Å². The third-order valence-electron chi connectivity index (χ3n) is 8.33. The van der Waals surface area contributed by atoms with Crippen molar-refractivity contribution in [2.75, 3.05) is 25.0 Å². The molecule has 43 heavy (non-hydrogen) atoms. The van der Waals surface area contributed by atoms with Crippen molar-refractivity contribution in [3.05, 3.63) is 65.2 Å². The number of halogens is 3. The summed E-state index contributed by atoms with van der Waals surface area (Å²) in [5, 5.41) is 26.8. The van der Waals surface area contributed by atoms with Gasteiger partial charge in [0, 0.05) is 31.2 Å². The monoisotopic (exact) mass is 603 g/mol. The van der Waals surface area contributed by atoms with Crippen LogP contribution in [-0.2, 0) is 20.8 Å². The zero-order valence-corrected chi connectivity index (χ0v) is 23.1. The first-order valence-electron chi connectivity index (χ1n) is 13.6. The average molecular weight is 604 g/mol. The summed E-state index contributed by atoms with van der Waals surface area (Å²) in [6, 6.07) is 13.0. The number of carboxylic acid groups (broad SMARTS) is 2. The third-order valence-corrected chi connectivity index (χ3v) is 8.33. The van der Waals surface area contributed by atoms with E-state index in [1.54, 1.807) is 17.0 Å². The molecule has 14 heteroatoms. The molecular weight excluding hydrogens is 571 g/mol. The minimum absolute atomic E-state index is 0.0190. The van der Waals surface area contributed by atoms with Crippen LogP contribution in [0.25, 0.3) is 0 Å². The van der Waals surface area contributed by atoms with Gasteiger partial charge in [0.25, 0.3) is 5.91 Å². The number of guanidine groups is 1. The van der Waals surface area contributed by atoms with E-state index in [1.165, 1.54) is 12.1 Å². The van der Waals surface area contributed by atoms with Crippen LogP contribution in [0.2, 0.25) is 0 Å². The number of nitrogens with zero attached hydrogens (tertiary/aromatic N) is 2. The molecule has 1 saturated heterocycles. The second kappa shape index (κ2) is 12.3. The molecule has 0 unspecified atom stereocenters. The Hall–Kier alpha value is -4.62. The maximum absolute atomic E-state index is 13.7. The van der Waals surface area contributed by atoms with Gasteiger partial charge >= 0.3 is 18.1 Å². The molecule has 5 rings (SSSR count). The van der Waals surface area contributed by atoms with E-state index < -0.39 is 24.2 Å². The molecule has 2 aromatic carbocycles.